The molecule has 0 aliphatic heterocycles. The van der Waals surface area contributed by atoms with Crippen molar-refractivity contribution in [2.24, 2.45) is 11.8 Å². The van der Waals surface area contributed by atoms with Crippen LogP contribution in [0.5, 0.6) is 0 Å². The van der Waals surface area contributed by atoms with Crippen molar-refractivity contribution in [3.8, 4) is 0 Å². The number of carbonyl (C=O) groups excluding carboxylic acids is 1. The predicted molar refractivity (Wildman–Crippen MR) is 101 cm³/mol. The highest BCUT2D eigenvalue weighted by Crippen LogP contribution is 2.41. The van der Waals surface area contributed by atoms with Crippen molar-refractivity contribution in [1.82, 2.24) is 9.88 Å². The van der Waals surface area contributed by atoms with E-state index < -0.39 is 8.63 Å². The van der Waals surface area contributed by atoms with Crippen LogP contribution in [0.3, 0.4) is 0 Å². The second-order valence-corrected chi connectivity index (χ2v) is 10.0. The number of amides is 1. The lowest BCUT2D eigenvalue weighted by molar-refractivity contribution is -0.133. The molecule has 0 bridgehead atoms. The van der Waals surface area contributed by atoms with Gasteiger partial charge in [-0.25, -0.2) is 4.98 Å². The SMILES string of the molecule is CC(CC(=O)N(C)[C@H](C[C@@H](C)C(Cl)(Cl)Cl)c1nccs1)C(Cl)Cl. The highest BCUT2D eigenvalue weighted by Gasteiger charge is 2.34. The largest absolute Gasteiger partial charge is 0.336 e. The molecule has 1 heterocycles. The molecule has 1 amide bonds. The summed E-state index contributed by atoms with van der Waals surface area (Å²) in [6.45, 7) is 3.67. The van der Waals surface area contributed by atoms with Crippen LogP contribution < -0.4 is 0 Å². The van der Waals surface area contributed by atoms with E-state index in [1.165, 1.54) is 11.3 Å². The summed E-state index contributed by atoms with van der Waals surface area (Å²) in [5.74, 6) is -0.459. The minimum atomic E-state index is -1.40. The molecule has 0 saturated heterocycles. The molecule has 1 aromatic heterocycles. The zero-order valence-corrected chi connectivity index (χ0v) is 17.6. The quantitative estimate of drug-likeness (QED) is 0.497. The fourth-order valence-corrected chi connectivity index (χ4v) is 3.21. The summed E-state index contributed by atoms with van der Waals surface area (Å²) in [4.78, 5) is 17.9. The fraction of sp³-hybridized carbons (Fsp3) is 0.714. The monoisotopic (exact) mass is 438 g/mol. The Bertz CT molecular complexity index is 492. The van der Waals surface area contributed by atoms with Gasteiger partial charge in [0.15, 0.2) is 3.79 Å². The molecule has 23 heavy (non-hydrogen) atoms. The van der Waals surface area contributed by atoms with Gasteiger partial charge in [-0.1, -0.05) is 48.7 Å². The Morgan fingerprint density at radius 1 is 1.35 bits per heavy atom. The number of hydrogen-bond donors (Lipinski definition) is 0. The van der Waals surface area contributed by atoms with E-state index >= 15 is 0 Å². The van der Waals surface area contributed by atoms with Crippen molar-refractivity contribution in [3.05, 3.63) is 16.6 Å². The van der Waals surface area contributed by atoms with Crippen molar-refractivity contribution >= 4 is 75.2 Å². The average molecular weight is 441 g/mol. The summed E-state index contributed by atoms with van der Waals surface area (Å²) in [7, 11) is 1.73. The summed E-state index contributed by atoms with van der Waals surface area (Å²) in [6, 6.07) is -0.260. The average Bonchev–Trinajstić information content (AvgIpc) is 2.96. The maximum absolute atomic E-state index is 12.5. The fourth-order valence-electron chi connectivity index (χ4n) is 1.97. The van der Waals surface area contributed by atoms with Crippen LogP contribution in [-0.2, 0) is 4.79 Å². The Kier molecular flexibility index (Phi) is 8.73. The van der Waals surface area contributed by atoms with Crippen molar-refractivity contribution < 1.29 is 4.79 Å². The zero-order valence-electron chi connectivity index (χ0n) is 13.0. The van der Waals surface area contributed by atoms with E-state index in [-0.39, 0.29) is 30.2 Å². The van der Waals surface area contributed by atoms with Crippen LogP contribution in [0.4, 0.5) is 0 Å². The van der Waals surface area contributed by atoms with Crippen molar-refractivity contribution in [1.29, 1.82) is 0 Å². The Hall–Kier alpha value is 0.550. The molecular formula is C14H19Cl5N2OS. The third-order valence-electron chi connectivity index (χ3n) is 3.66. The number of carbonyl (C=O) groups is 1. The number of alkyl halides is 5. The summed E-state index contributed by atoms with van der Waals surface area (Å²) in [6.07, 6.45) is 2.44. The van der Waals surface area contributed by atoms with Gasteiger partial charge in [0.25, 0.3) is 0 Å². The Morgan fingerprint density at radius 3 is 2.39 bits per heavy atom. The number of rotatable bonds is 7. The molecule has 0 aromatic carbocycles. The lowest BCUT2D eigenvalue weighted by Gasteiger charge is -2.31. The standard InChI is InChI=1S/C14H19Cl5N2OS/c1-8(12(15)16)6-11(22)21(3)10(13-20-4-5-23-13)7-9(2)14(17,18)19/h4-5,8-10,12H,6-7H2,1-3H3/t8?,9-,10-/m1/s1. The molecule has 1 rings (SSSR count). The van der Waals surface area contributed by atoms with E-state index in [0.29, 0.717) is 6.42 Å². The number of aromatic nitrogens is 1. The summed E-state index contributed by atoms with van der Waals surface area (Å²) >= 11 is 31.1. The van der Waals surface area contributed by atoms with Crippen LogP contribution >= 0.6 is 69.3 Å². The zero-order chi connectivity index (χ0) is 17.8. The highest BCUT2D eigenvalue weighted by molar-refractivity contribution is 7.09. The van der Waals surface area contributed by atoms with Crippen LogP contribution in [0.1, 0.15) is 37.7 Å². The van der Waals surface area contributed by atoms with Crippen molar-refractivity contribution in [3.63, 3.8) is 0 Å². The van der Waals surface area contributed by atoms with Gasteiger partial charge in [-0.15, -0.1) is 34.5 Å². The number of hydrogen-bond acceptors (Lipinski definition) is 3. The lowest BCUT2D eigenvalue weighted by atomic mass is 10.0. The van der Waals surface area contributed by atoms with E-state index in [9.17, 15) is 4.79 Å². The molecule has 0 saturated carbocycles. The lowest BCUT2D eigenvalue weighted by Crippen LogP contribution is -2.35. The molecule has 0 aliphatic carbocycles. The van der Waals surface area contributed by atoms with Gasteiger partial charge in [0, 0.05) is 31.0 Å². The van der Waals surface area contributed by atoms with Crippen molar-refractivity contribution in [2.45, 2.75) is 41.4 Å². The number of nitrogens with zero attached hydrogens (tertiary/aromatic N) is 2. The van der Waals surface area contributed by atoms with Gasteiger partial charge in [-0.05, 0) is 12.3 Å². The smallest absolute Gasteiger partial charge is 0.223 e. The van der Waals surface area contributed by atoms with Crippen LogP contribution in [0.2, 0.25) is 0 Å². The summed E-state index contributed by atoms with van der Waals surface area (Å²) in [5, 5.41) is 2.67. The van der Waals surface area contributed by atoms with Gasteiger partial charge in [-0.2, -0.15) is 0 Å². The van der Waals surface area contributed by atoms with E-state index in [0.717, 1.165) is 5.01 Å². The molecule has 0 fully saturated rings. The molecule has 0 N–H and O–H groups in total. The first kappa shape index (κ1) is 21.6. The van der Waals surface area contributed by atoms with Gasteiger partial charge in [0.2, 0.25) is 5.91 Å². The Balaban J connectivity index is 2.90. The molecule has 3 atom stereocenters. The minimum absolute atomic E-state index is 0.0690. The van der Waals surface area contributed by atoms with Crippen LogP contribution in [0, 0.1) is 11.8 Å². The number of halogens is 5. The molecule has 0 radical (unpaired) electrons. The topological polar surface area (TPSA) is 33.2 Å². The molecule has 9 heteroatoms. The second kappa shape index (κ2) is 9.30. The molecule has 1 unspecified atom stereocenters. The van der Waals surface area contributed by atoms with Crippen molar-refractivity contribution in [2.75, 3.05) is 7.05 Å². The third-order valence-corrected chi connectivity index (χ3v) is 6.51. The predicted octanol–water partition coefficient (Wildman–Crippen LogP) is 5.87. The van der Waals surface area contributed by atoms with Gasteiger partial charge in [0.1, 0.15) is 9.84 Å². The number of thiazole rings is 1. The van der Waals surface area contributed by atoms with Crippen LogP contribution in [0.15, 0.2) is 11.6 Å². The van der Waals surface area contributed by atoms with Gasteiger partial charge >= 0.3 is 0 Å². The normalized spacial score (nSPS) is 16.2. The summed E-state index contributed by atoms with van der Waals surface area (Å²) < 4.78 is -1.40. The van der Waals surface area contributed by atoms with Gasteiger partial charge in [-0.3, -0.25) is 4.79 Å². The van der Waals surface area contributed by atoms with E-state index in [2.05, 4.69) is 4.98 Å². The molecule has 0 spiro atoms. The van der Waals surface area contributed by atoms with Crippen LogP contribution in [-0.4, -0.2) is 31.5 Å². The van der Waals surface area contributed by atoms with Gasteiger partial charge < -0.3 is 4.90 Å². The molecule has 1 aromatic rings. The second-order valence-electron chi connectivity index (χ2n) is 5.59. The molecule has 132 valence electrons. The Morgan fingerprint density at radius 2 is 1.96 bits per heavy atom. The Labute approximate surface area is 166 Å². The first-order valence-corrected chi connectivity index (χ1v) is 9.92. The van der Waals surface area contributed by atoms with E-state index in [4.69, 9.17) is 58.0 Å². The van der Waals surface area contributed by atoms with Crippen LogP contribution in [0.25, 0.3) is 0 Å². The summed E-state index contributed by atoms with van der Waals surface area (Å²) in [5.41, 5.74) is 0. The maximum Gasteiger partial charge on any atom is 0.223 e. The highest BCUT2D eigenvalue weighted by atomic mass is 35.6. The molecular weight excluding hydrogens is 421 g/mol. The van der Waals surface area contributed by atoms with Gasteiger partial charge in [0.05, 0.1) is 6.04 Å². The third kappa shape index (κ3) is 6.75. The maximum atomic E-state index is 12.5. The minimum Gasteiger partial charge on any atom is -0.336 e. The van der Waals surface area contributed by atoms with E-state index in [1.807, 2.05) is 19.2 Å². The van der Waals surface area contributed by atoms with E-state index in [1.54, 1.807) is 18.1 Å². The molecule has 3 nitrogen and oxygen atoms in total. The first-order chi connectivity index (χ1) is 10.5. The molecule has 0 aliphatic rings. The first-order valence-electron chi connectivity index (χ1n) is 7.04.